The second kappa shape index (κ2) is 9.52. The minimum Gasteiger partial charge on any atom is -0.480 e. The lowest BCUT2D eigenvalue weighted by atomic mass is 10.1. The fourth-order valence-corrected chi connectivity index (χ4v) is 3.34. The van der Waals surface area contributed by atoms with E-state index in [1.54, 1.807) is 26.2 Å². The zero-order chi connectivity index (χ0) is 23.4. The molecule has 1 atom stereocenters. The molecule has 2 heterocycles. The number of fused-ring (bicyclic) bond motifs is 1. The maximum Gasteiger partial charge on any atom is 0.260 e. The third kappa shape index (κ3) is 5.01. The Balaban J connectivity index is 1.61. The van der Waals surface area contributed by atoms with Crippen molar-refractivity contribution >= 4 is 28.3 Å². The van der Waals surface area contributed by atoms with Gasteiger partial charge in [0.2, 0.25) is 0 Å². The molecule has 2 aromatic heterocycles. The van der Waals surface area contributed by atoms with Gasteiger partial charge >= 0.3 is 0 Å². The Morgan fingerprint density at radius 2 is 1.85 bits per heavy atom. The third-order valence-electron chi connectivity index (χ3n) is 5.09. The molecule has 8 nitrogen and oxygen atoms in total. The normalized spacial score (nSPS) is 11.6. The molecular formula is C25H25N5O3. The Morgan fingerprint density at radius 3 is 2.58 bits per heavy atom. The van der Waals surface area contributed by atoms with Crippen LogP contribution in [0, 0.1) is 13.8 Å². The summed E-state index contributed by atoms with van der Waals surface area (Å²) in [6.45, 7) is 5.60. The van der Waals surface area contributed by atoms with Gasteiger partial charge in [-0.3, -0.25) is 9.78 Å². The fraction of sp³-hybridized carbons (Fsp3) is 0.200. The van der Waals surface area contributed by atoms with E-state index < -0.39 is 6.10 Å². The van der Waals surface area contributed by atoms with Gasteiger partial charge in [0.05, 0.1) is 17.1 Å². The predicted octanol–water partition coefficient (Wildman–Crippen LogP) is 4.69. The monoisotopic (exact) mass is 443 g/mol. The lowest BCUT2D eigenvalue weighted by Crippen LogP contribution is -2.33. The zero-order valence-electron chi connectivity index (χ0n) is 18.9. The van der Waals surface area contributed by atoms with Gasteiger partial charge in [-0.2, -0.15) is 0 Å². The van der Waals surface area contributed by atoms with Crippen molar-refractivity contribution in [3.05, 3.63) is 72.3 Å². The van der Waals surface area contributed by atoms with Gasteiger partial charge in [-0.15, -0.1) is 0 Å². The van der Waals surface area contributed by atoms with Crippen molar-refractivity contribution in [2.24, 2.45) is 0 Å². The highest BCUT2D eigenvalue weighted by atomic mass is 16.5. The summed E-state index contributed by atoms with van der Waals surface area (Å²) in [5, 5.41) is 6.63. The van der Waals surface area contributed by atoms with Crippen LogP contribution in [-0.4, -0.2) is 34.0 Å². The smallest absolute Gasteiger partial charge is 0.260 e. The van der Waals surface area contributed by atoms with Gasteiger partial charge in [-0.1, -0.05) is 6.07 Å². The molecule has 0 bridgehead atoms. The van der Waals surface area contributed by atoms with E-state index in [1.807, 2.05) is 56.3 Å². The molecule has 4 rings (SSSR count). The largest absolute Gasteiger partial charge is 0.480 e. The summed E-state index contributed by atoms with van der Waals surface area (Å²) < 4.78 is 11.9. The van der Waals surface area contributed by atoms with E-state index in [1.165, 1.54) is 6.33 Å². The number of benzene rings is 2. The first-order chi connectivity index (χ1) is 15.9. The van der Waals surface area contributed by atoms with Crippen molar-refractivity contribution < 1.29 is 14.3 Å². The van der Waals surface area contributed by atoms with E-state index in [0.717, 1.165) is 22.7 Å². The van der Waals surface area contributed by atoms with Crippen molar-refractivity contribution in [3.8, 4) is 17.2 Å². The lowest BCUT2D eigenvalue weighted by molar-refractivity contribution is -0.126. The van der Waals surface area contributed by atoms with Gasteiger partial charge in [0.1, 0.15) is 29.4 Å². The molecule has 2 aromatic carbocycles. The van der Waals surface area contributed by atoms with Crippen LogP contribution in [0.3, 0.4) is 0 Å². The van der Waals surface area contributed by atoms with Crippen molar-refractivity contribution in [2.45, 2.75) is 26.9 Å². The Kier molecular flexibility index (Phi) is 6.35. The molecule has 4 aromatic rings. The van der Waals surface area contributed by atoms with Crippen molar-refractivity contribution in [1.82, 2.24) is 20.3 Å². The first-order valence-corrected chi connectivity index (χ1v) is 10.5. The van der Waals surface area contributed by atoms with Gasteiger partial charge < -0.3 is 20.1 Å². The summed E-state index contributed by atoms with van der Waals surface area (Å²) in [5.74, 6) is 2.31. The first kappa shape index (κ1) is 22.0. The highest BCUT2D eigenvalue weighted by molar-refractivity contribution is 5.96. The number of carbonyl (C=O) groups excluding carboxylic acids is 1. The van der Waals surface area contributed by atoms with Crippen LogP contribution >= 0.6 is 0 Å². The summed E-state index contributed by atoms with van der Waals surface area (Å²) in [7, 11) is 1.58. The van der Waals surface area contributed by atoms with Crippen LogP contribution in [0.5, 0.6) is 17.2 Å². The van der Waals surface area contributed by atoms with E-state index in [2.05, 4.69) is 25.6 Å². The minimum atomic E-state index is -0.663. The molecule has 33 heavy (non-hydrogen) atoms. The van der Waals surface area contributed by atoms with Crippen LogP contribution in [0.4, 0.5) is 11.5 Å². The molecule has 0 saturated heterocycles. The molecule has 0 aliphatic rings. The topological polar surface area (TPSA) is 98.3 Å². The van der Waals surface area contributed by atoms with E-state index in [4.69, 9.17) is 9.47 Å². The van der Waals surface area contributed by atoms with Crippen LogP contribution in [0.15, 0.2) is 61.1 Å². The highest BCUT2D eigenvalue weighted by Gasteiger charge is 2.17. The van der Waals surface area contributed by atoms with Crippen LogP contribution in [0.2, 0.25) is 0 Å². The molecule has 0 radical (unpaired) electrons. The summed E-state index contributed by atoms with van der Waals surface area (Å²) in [5.41, 5.74) is 3.42. The van der Waals surface area contributed by atoms with Gasteiger partial charge in [-0.25, -0.2) is 9.97 Å². The number of anilines is 2. The lowest BCUT2D eigenvalue weighted by Gasteiger charge is -2.17. The van der Waals surface area contributed by atoms with Crippen molar-refractivity contribution in [3.63, 3.8) is 0 Å². The van der Waals surface area contributed by atoms with E-state index in [9.17, 15) is 4.79 Å². The average molecular weight is 444 g/mol. The number of likely N-dealkylation sites (N-methyl/N-ethyl adjacent to an activating group) is 1. The molecule has 0 aliphatic heterocycles. The quantitative estimate of drug-likeness (QED) is 0.427. The number of rotatable bonds is 7. The number of hydrogen-bond donors (Lipinski definition) is 2. The Labute approximate surface area is 192 Å². The molecule has 0 saturated carbocycles. The maximum absolute atomic E-state index is 11.9. The Morgan fingerprint density at radius 1 is 1.00 bits per heavy atom. The molecule has 0 fully saturated rings. The molecule has 0 aliphatic carbocycles. The fourth-order valence-electron chi connectivity index (χ4n) is 3.34. The Hall–Kier alpha value is -4.20. The van der Waals surface area contributed by atoms with Gasteiger partial charge in [0.15, 0.2) is 6.10 Å². The van der Waals surface area contributed by atoms with Gasteiger partial charge in [0, 0.05) is 18.4 Å². The SMILES string of the molecule is CNC(=O)[C@@H](C)Oc1cccc2ncnc(Nc3ccc(Oc4ccc(C)nc4)c(C)c3)c12. The summed E-state index contributed by atoms with van der Waals surface area (Å²) in [6, 6.07) is 15.1. The second-order valence-corrected chi connectivity index (χ2v) is 7.59. The van der Waals surface area contributed by atoms with Gasteiger partial charge in [0.25, 0.3) is 5.91 Å². The number of pyridine rings is 1. The van der Waals surface area contributed by atoms with Crippen LogP contribution in [0.1, 0.15) is 18.2 Å². The van der Waals surface area contributed by atoms with Crippen molar-refractivity contribution in [1.29, 1.82) is 0 Å². The molecule has 0 spiro atoms. The van der Waals surface area contributed by atoms with Crippen LogP contribution in [-0.2, 0) is 4.79 Å². The number of carbonyl (C=O) groups is 1. The molecule has 8 heteroatoms. The standard InChI is InChI=1S/C25H25N5O3/c1-15-12-18(9-11-21(15)33-19-10-8-16(2)27-13-19)30-24-23-20(28-14-29-24)6-5-7-22(23)32-17(3)25(31)26-4/h5-14,17H,1-4H3,(H,26,31)(H,28,29,30)/t17-/m1/s1. The number of amides is 1. The second-order valence-electron chi connectivity index (χ2n) is 7.59. The average Bonchev–Trinajstić information content (AvgIpc) is 2.82. The van der Waals surface area contributed by atoms with E-state index >= 15 is 0 Å². The molecular weight excluding hydrogens is 418 g/mol. The number of hydrogen-bond acceptors (Lipinski definition) is 7. The van der Waals surface area contributed by atoms with E-state index in [0.29, 0.717) is 28.2 Å². The van der Waals surface area contributed by atoms with Gasteiger partial charge in [-0.05, 0) is 68.8 Å². The number of ether oxygens (including phenoxy) is 2. The number of aryl methyl sites for hydroxylation is 2. The summed E-state index contributed by atoms with van der Waals surface area (Å²) in [6.07, 6.45) is 2.53. The molecule has 2 N–H and O–H groups in total. The Bertz CT molecular complexity index is 1290. The number of nitrogens with zero attached hydrogens (tertiary/aromatic N) is 3. The summed E-state index contributed by atoms with van der Waals surface area (Å²) in [4.78, 5) is 25.0. The zero-order valence-corrected chi connectivity index (χ0v) is 18.9. The predicted molar refractivity (Wildman–Crippen MR) is 127 cm³/mol. The highest BCUT2D eigenvalue weighted by Crippen LogP contribution is 2.33. The van der Waals surface area contributed by atoms with E-state index in [-0.39, 0.29) is 5.91 Å². The maximum atomic E-state index is 11.9. The number of aromatic nitrogens is 3. The minimum absolute atomic E-state index is 0.214. The van der Waals surface area contributed by atoms with Crippen LogP contribution in [0.25, 0.3) is 10.9 Å². The molecule has 168 valence electrons. The number of nitrogens with one attached hydrogen (secondary N) is 2. The van der Waals surface area contributed by atoms with Crippen molar-refractivity contribution in [2.75, 3.05) is 12.4 Å². The summed E-state index contributed by atoms with van der Waals surface area (Å²) >= 11 is 0. The first-order valence-electron chi connectivity index (χ1n) is 10.5. The molecule has 0 unspecified atom stereocenters. The molecule has 1 amide bonds. The third-order valence-corrected chi connectivity index (χ3v) is 5.09. The van der Waals surface area contributed by atoms with Crippen LogP contribution < -0.4 is 20.1 Å².